The maximum atomic E-state index is 12.1. The van der Waals surface area contributed by atoms with E-state index in [9.17, 15) is 4.79 Å². The first-order chi connectivity index (χ1) is 9.74. The van der Waals surface area contributed by atoms with Gasteiger partial charge in [0.1, 0.15) is 12.1 Å². The molecule has 104 valence electrons. The SMILES string of the molecule is C[C@@H]1CNC[C@H]1C(=O)Nc1ccc(-n2ccnc2)nc1. The molecule has 3 heterocycles. The van der Waals surface area contributed by atoms with E-state index in [1.807, 2.05) is 22.9 Å². The van der Waals surface area contributed by atoms with Crippen molar-refractivity contribution in [2.45, 2.75) is 6.92 Å². The molecule has 6 nitrogen and oxygen atoms in total. The van der Waals surface area contributed by atoms with Crippen molar-refractivity contribution >= 4 is 11.6 Å². The summed E-state index contributed by atoms with van der Waals surface area (Å²) < 4.78 is 1.81. The van der Waals surface area contributed by atoms with E-state index in [1.54, 1.807) is 18.7 Å². The largest absolute Gasteiger partial charge is 0.324 e. The molecule has 6 heteroatoms. The molecule has 0 saturated carbocycles. The molecule has 0 aliphatic carbocycles. The van der Waals surface area contributed by atoms with Gasteiger partial charge in [-0.1, -0.05) is 6.92 Å². The van der Waals surface area contributed by atoms with Gasteiger partial charge in [-0.3, -0.25) is 9.36 Å². The summed E-state index contributed by atoms with van der Waals surface area (Å²) in [5.41, 5.74) is 0.720. The molecule has 20 heavy (non-hydrogen) atoms. The molecule has 0 spiro atoms. The van der Waals surface area contributed by atoms with Crippen molar-refractivity contribution in [1.29, 1.82) is 0 Å². The average molecular weight is 271 g/mol. The first-order valence-corrected chi connectivity index (χ1v) is 6.70. The number of carbonyl (C=O) groups excluding carboxylic acids is 1. The first kappa shape index (κ1) is 12.8. The number of nitrogens with one attached hydrogen (secondary N) is 2. The van der Waals surface area contributed by atoms with E-state index in [1.165, 1.54) is 0 Å². The molecule has 2 aromatic rings. The zero-order valence-corrected chi connectivity index (χ0v) is 11.3. The van der Waals surface area contributed by atoms with Gasteiger partial charge in [-0.05, 0) is 24.6 Å². The topological polar surface area (TPSA) is 71.8 Å². The average Bonchev–Trinajstić information content (AvgIpc) is 3.10. The number of carbonyl (C=O) groups is 1. The van der Waals surface area contributed by atoms with Gasteiger partial charge in [0.25, 0.3) is 0 Å². The van der Waals surface area contributed by atoms with Gasteiger partial charge in [0, 0.05) is 18.9 Å². The van der Waals surface area contributed by atoms with Crippen LogP contribution in [0.1, 0.15) is 6.92 Å². The standard InChI is InChI=1S/C14H17N5O/c1-10-6-16-8-12(10)14(20)18-11-2-3-13(17-7-11)19-5-4-15-9-19/h2-5,7,9-10,12,16H,6,8H2,1H3,(H,18,20)/t10-,12-/m1/s1. The molecule has 1 fully saturated rings. The second-order valence-electron chi connectivity index (χ2n) is 5.11. The quantitative estimate of drug-likeness (QED) is 0.875. The Morgan fingerprint density at radius 1 is 1.45 bits per heavy atom. The lowest BCUT2D eigenvalue weighted by atomic mass is 9.97. The Morgan fingerprint density at radius 3 is 2.95 bits per heavy atom. The molecule has 2 aromatic heterocycles. The Balaban J connectivity index is 1.68. The lowest BCUT2D eigenvalue weighted by molar-refractivity contribution is -0.120. The zero-order valence-electron chi connectivity index (χ0n) is 11.3. The lowest BCUT2D eigenvalue weighted by Crippen LogP contribution is -2.27. The predicted molar refractivity (Wildman–Crippen MR) is 75.5 cm³/mol. The van der Waals surface area contributed by atoms with Crippen LogP contribution in [0.2, 0.25) is 0 Å². The van der Waals surface area contributed by atoms with Gasteiger partial charge < -0.3 is 10.6 Å². The highest BCUT2D eigenvalue weighted by Crippen LogP contribution is 2.18. The summed E-state index contributed by atoms with van der Waals surface area (Å²) in [6.07, 6.45) is 6.88. The van der Waals surface area contributed by atoms with Crippen LogP contribution < -0.4 is 10.6 Å². The van der Waals surface area contributed by atoms with Gasteiger partial charge in [-0.25, -0.2) is 9.97 Å². The van der Waals surface area contributed by atoms with Crippen LogP contribution in [0.25, 0.3) is 5.82 Å². The normalized spacial score (nSPS) is 21.9. The molecule has 0 aromatic carbocycles. The molecule has 1 saturated heterocycles. The molecular formula is C14H17N5O. The summed E-state index contributed by atoms with van der Waals surface area (Å²) in [6, 6.07) is 3.71. The Hall–Kier alpha value is -2.21. The number of anilines is 1. The number of aromatic nitrogens is 3. The maximum absolute atomic E-state index is 12.1. The van der Waals surface area contributed by atoms with Crippen molar-refractivity contribution in [3.05, 3.63) is 37.1 Å². The van der Waals surface area contributed by atoms with E-state index in [0.29, 0.717) is 5.92 Å². The Labute approximate surface area is 117 Å². The number of hydrogen-bond donors (Lipinski definition) is 2. The fourth-order valence-electron chi connectivity index (χ4n) is 2.40. The minimum absolute atomic E-state index is 0.0309. The highest BCUT2D eigenvalue weighted by molar-refractivity contribution is 5.93. The van der Waals surface area contributed by atoms with Crippen LogP contribution in [0.3, 0.4) is 0 Å². The van der Waals surface area contributed by atoms with Crippen molar-refractivity contribution in [1.82, 2.24) is 19.9 Å². The number of rotatable bonds is 3. The summed E-state index contributed by atoms with van der Waals surface area (Å²) in [7, 11) is 0. The van der Waals surface area contributed by atoms with E-state index in [0.717, 1.165) is 24.6 Å². The third-order valence-electron chi connectivity index (χ3n) is 3.64. The van der Waals surface area contributed by atoms with Crippen LogP contribution in [-0.4, -0.2) is 33.5 Å². The van der Waals surface area contributed by atoms with Crippen LogP contribution in [-0.2, 0) is 4.79 Å². The third-order valence-corrected chi connectivity index (χ3v) is 3.64. The number of amides is 1. The van der Waals surface area contributed by atoms with Crippen LogP contribution >= 0.6 is 0 Å². The third kappa shape index (κ3) is 2.55. The molecule has 1 aliphatic rings. The second kappa shape index (κ2) is 5.42. The number of nitrogens with zero attached hydrogens (tertiary/aromatic N) is 3. The van der Waals surface area contributed by atoms with Gasteiger partial charge in [-0.2, -0.15) is 0 Å². The van der Waals surface area contributed by atoms with Crippen molar-refractivity contribution < 1.29 is 4.79 Å². The van der Waals surface area contributed by atoms with Crippen LogP contribution in [0, 0.1) is 11.8 Å². The fourth-order valence-corrected chi connectivity index (χ4v) is 2.40. The molecule has 2 N–H and O–H groups in total. The number of imidazole rings is 1. The number of hydrogen-bond acceptors (Lipinski definition) is 4. The summed E-state index contributed by atoms with van der Waals surface area (Å²) in [5.74, 6) is 1.23. The van der Waals surface area contributed by atoms with Crippen molar-refractivity contribution in [3.8, 4) is 5.82 Å². The predicted octanol–water partition coefficient (Wildman–Crippen LogP) is 1.06. The molecule has 0 bridgehead atoms. The van der Waals surface area contributed by atoms with E-state index in [2.05, 4.69) is 27.5 Å². The van der Waals surface area contributed by atoms with Gasteiger partial charge in [0.2, 0.25) is 5.91 Å². The minimum Gasteiger partial charge on any atom is -0.324 e. The first-order valence-electron chi connectivity index (χ1n) is 6.70. The molecule has 0 radical (unpaired) electrons. The van der Waals surface area contributed by atoms with Crippen LogP contribution in [0.4, 0.5) is 5.69 Å². The van der Waals surface area contributed by atoms with Gasteiger partial charge in [-0.15, -0.1) is 0 Å². The highest BCUT2D eigenvalue weighted by atomic mass is 16.1. The summed E-state index contributed by atoms with van der Waals surface area (Å²) in [4.78, 5) is 20.4. The van der Waals surface area contributed by atoms with E-state index in [4.69, 9.17) is 0 Å². The fraction of sp³-hybridized carbons (Fsp3) is 0.357. The number of pyridine rings is 1. The molecule has 1 amide bonds. The highest BCUT2D eigenvalue weighted by Gasteiger charge is 2.29. The maximum Gasteiger partial charge on any atom is 0.229 e. The molecule has 3 rings (SSSR count). The summed E-state index contributed by atoms with van der Waals surface area (Å²) >= 11 is 0. The summed E-state index contributed by atoms with van der Waals surface area (Å²) in [5, 5.41) is 6.15. The minimum atomic E-state index is 0.0309. The molecule has 0 unspecified atom stereocenters. The van der Waals surface area contributed by atoms with Crippen molar-refractivity contribution in [3.63, 3.8) is 0 Å². The van der Waals surface area contributed by atoms with Crippen molar-refractivity contribution in [2.75, 3.05) is 18.4 Å². The molecule has 1 aliphatic heterocycles. The summed E-state index contributed by atoms with van der Waals surface area (Å²) in [6.45, 7) is 3.73. The van der Waals surface area contributed by atoms with Gasteiger partial charge >= 0.3 is 0 Å². The second-order valence-corrected chi connectivity index (χ2v) is 5.11. The van der Waals surface area contributed by atoms with Crippen LogP contribution in [0.15, 0.2) is 37.1 Å². The zero-order chi connectivity index (χ0) is 13.9. The Morgan fingerprint density at radius 2 is 2.35 bits per heavy atom. The van der Waals surface area contributed by atoms with E-state index >= 15 is 0 Å². The Kier molecular flexibility index (Phi) is 3.47. The monoisotopic (exact) mass is 271 g/mol. The molecular weight excluding hydrogens is 254 g/mol. The van der Waals surface area contributed by atoms with E-state index in [-0.39, 0.29) is 11.8 Å². The van der Waals surface area contributed by atoms with Gasteiger partial charge in [0.15, 0.2) is 0 Å². The Bertz CT molecular complexity index is 578. The van der Waals surface area contributed by atoms with Gasteiger partial charge in [0.05, 0.1) is 17.8 Å². The lowest BCUT2D eigenvalue weighted by Gasteiger charge is -2.14. The van der Waals surface area contributed by atoms with Crippen LogP contribution in [0.5, 0.6) is 0 Å². The van der Waals surface area contributed by atoms with Crippen molar-refractivity contribution in [2.24, 2.45) is 11.8 Å². The van der Waals surface area contributed by atoms with E-state index < -0.39 is 0 Å². The molecule has 2 atom stereocenters. The smallest absolute Gasteiger partial charge is 0.229 e.